The van der Waals surface area contributed by atoms with Crippen molar-refractivity contribution in [1.82, 2.24) is 5.32 Å². The number of alkyl halides is 3. The van der Waals surface area contributed by atoms with Crippen LogP contribution in [0, 0.1) is 0 Å². The van der Waals surface area contributed by atoms with Crippen molar-refractivity contribution in [3.8, 4) is 22.6 Å². The third kappa shape index (κ3) is 4.29. The molecule has 3 aromatic carbocycles. The highest BCUT2D eigenvalue weighted by Crippen LogP contribution is 2.51. The topological polar surface area (TPSA) is 76.7 Å². The molecule has 1 fully saturated rings. The maximum Gasteiger partial charge on any atom is 0.416 e. The summed E-state index contributed by atoms with van der Waals surface area (Å²) in [6.07, 6.45) is -3.49. The van der Waals surface area contributed by atoms with Crippen LogP contribution in [-0.4, -0.2) is 25.7 Å². The van der Waals surface area contributed by atoms with E-state index in [9.17, 15) is 22.8 Å². The second kappa shape index (κ2) is 8.33. The molecule has 2 aliphatic rings. The van der Waals surface area contributed by atoms with Crippen molar-refractivity contribution < 1.29 is 33.7 Å². The number of anilines is 1. The smallest absolute Gasteiger partial charge is 0.416 e. The molecular weight excluding hydrogens is 461 g/mol. The number of halogens is 3. The SMILES string of the molecule is CNC(=O)c1cccc(-c2cc(NC(=O)C3(c4ccc5c(c4)OCO5)CC3)cc(C(F)(F)F)c2)c1.[HH]. The zero-order valence-electron chi connectivity index (χ0n) is 18.7. The van der Waals surface area contributed by atoms with E-state index in [1.54, 1.807) is 36.4 Å². The molecule has 2 N–H and O–H groups in total. The van der Waals surface area contributed by atoms with E-state index in [4.69, 9.17) is 9.47 Å². The molecule has 0 atom stereocenters. The number of rotatable bonds is 5. The number of ether oxygens (including phenoxy) is 2. The summed E-state index contributed by atoms with van der Waals surface area (Å²) in [5.41, 5.74) is -0.0224. The van der Waals surface area contributed by atoms with E-state index in [2.05, 4.69) is 10.6 Å². The summed E-state index contributed by atoms with van der Waals surface area (Å²) < 4.78 is 51.8. The highest BCUT2D eigenvalue weighted by molar-refractivity contribution is 6.02. The Kier molecular flexibility index (Phi) is 5.42. The van der Waals surface area contributed by atoms with Crippen LogP contribution in [0.4, 0.5) is 18.9 Å². The molecule has 9 heteroatoms. The lowest BCUT2D eigenvalue weighted by Crippen LogP contribution is -2.28. The lowest BCUT2D eigenvalue weighted by Gasteiger charge is -2.18. The van der Waals surface area contributed by atoms with Gasteiger partial charge < -0.3 is 20.1 Å². The minimum atomic E-state index is -4.62. The third-order valence-electron chi connectivity index (χ3n) is 6.31. The largest absolute Gasteiger partial charge is 0.454 e. The lowest BCUT2D eigenvalue weighted by atomic mass is 9.94. The van der Waals surface area contributed by atoms with Gasteiger partial charge in [0.1, 0.15) is 0 Å². The molecule has 0 unspecified atom stereocenters. The number of carbonyl (C=O) groups is 2. The molecule has 0 spiro atoms. The zero-order valence-corrected chi connectivity index (χ0v) is 18.7. The highest BCUT2D eigenvalue weighted by Gasteiger charge is 2.51. The van der Waals surface area contributed by atoms with Crippen molar-refractivity contribution in [1.29, 1.82) is 0 Å². The summed E-state index contributed by atoms with van der Waals surface area (Å²) in [7, 11) is 1.47. The first kappa shape index (κ1) is 22.8. The van der Waals surface area contributed by atoms with E-state index in [1.807, 2.05) is 0 Å². The Morgan fingerprint density at radius 3 is 2.43 bits per heavy atom. The Morgan fingerprint density at radius 1 is 0.943 bits per heavy atom. The third-order valence-corrected chi connectivity index (χ3v) is 6.31. The Hall–Kier alpha value is -4.01. The average molecular weight is 484 g/mol. The van der Waals surface area contributed by atoms with Gasteiger partial charge in [0, 0.05) is 19.7 Å². The van der Waals surface area contributed by atoms with E-state index in [-0.39, 0.29) is 31.3 Å². The molecule has 0 aromatic heterocycles. The van der Waals surface area contributed by atoms with Gasteiger partial charge in [0.25, 0.3) is 5.91 Å². The molecule has 6 nitrogen and oxygen atoms in total. The molecule has 0 radical (unpaired) electrons. The van der Waals surface area contributed by atoms with Crippen LogP contribution in [0.1, 0.15) is 35.8 Å². The molecular formula is C26H23F3N2O4. The van der Waals surface area contributed by atoms with Gasteiger partial charge in [0.05, 0.1) is 11.0 Å². The Labute approximate surface area is 200 Å². The summed E-state index contributed by atoms with van der Waals surface area (Å²) >= 11 is 0. The molecule has 2 amide bonds. The summed E-state index contributed by atoms with van der Waals surface area (Å²) in [4.78, 5) is 25.3. The first-order valence-corrected chi connectivity index (χ1v) is 11.0. The number of hydrogen-bond acceptors (Lipinski definition) is 4. The lowest BCUT2D eigenvalue weighted by molar-refractivity contribution is -0.137. The van der Waals surface area contributed by atoms with Crippen LogP contribution < -0.4 is 20.1 Å². The van der Waals surface area contributed by atoms with Gasteiger partial charge in [-0.1, -0.05) is 18.2 Å². The first-order valence-electron chi connectivity index (χ1n) is 11.0. The first-order chi connectivity index (χ1) is 16.7. The quantitative estimate of drug-likeness (QED) is 0.510. The normalized spacial score (nSPS) is 15.4. The Bertz CT molecular complexity index is 1340. The predicted octanol–water partition coefficient (Wildman–Crippen LogP) is 5.38. The van der Waals surface area contributed by atoms with Gasteiger partial charge in [-0.15, -0.1) is 0 Å². The van der Waals surface area contributed by atoms with E-state index < -0.39 is 17.2 Å². The van der Waals surface area contributed by atoms with Crippen molar-refractivity contribution in [2.24, 2.45) is 0 Å². The molecule has 0 saturated heterocycles. The fraction of sp³-hybridized carbons (Fsp3) is 0.231. The second-order valence-corrected chi connectivity index (χ2v) is 8.56. The molecule has 1 aliphatic heterocycles. The maximum atomic E-state index is 13.7. The summed E-state index contributed by atoms with van der Waals surface area (Å²) in [6.45, 7) is 0.103. The Morgan fingerprint density at radius 2 is 1.71 bits per heavy atom. The summed E-state index contributed by atoms with van der Waals surface area (Å²) in [5.74, 6) is 0.387. The summed E-state index contributed by atoms with van der Waals surface area (Å²) in [6, 6.07) is 14.9. The number of carbonyl (C=O) groups excluding carboxylic acids is 2. The molecule has 0 bridgehead atoms. The van der Waals surface area contributed by atoms with E-state index in [1.165, 1.54) is 19.2 Å². The monoisotopic (exact) mass is 484 g/mol. The van der Waals surface area contributed by atoms with Crippen LogP contribution in [0.15, 0.2) is 60.7 Å². The molecule has 1 aliphatic carbocycles. The molecule has 1 heterocycles. The van der Waals surface area contributed by atoms with Gasteiger partial charge in [-0.05, 0) is 72.0 Å². The van der Waals surface area contributed by atoms with E-state index >= 15 is 0 Å². The van der Waals surface area contributed by atoms with Crippen LogP contribution >= 0.6 is 0 Å². The van der Waals surface area contributed by atoms with Gasteiger partial charge in [-0.3, -0.25) is 9.59 Å². The number of nitrogens with one attached hydrogen (secondary N) is 2. The summed E-state index contributed by atoms with van der Waals surface area (Å²) in [5, 5.41) is 5.19. The minimum absolute atomic E-state index is 0. The van der Waals surface area contributed by atoms with Crippen molar-refractivity contribution >= 4 is 17.5 Å². The standard InChI is InChI=1S/C26H21F3N2O4.H2/c1-30-23(32)16-4-2-3-15(9-16)17-10-19(26(27,28)29)12-20(11-17)31-24(33)25(7-8-25)18-5-6-21-22(13-18)35-14-34-21;/h2-6,9-13H,7-8,14H2,1H3,(H,30,32)(H,31,33);1H. The molecule has 1 saturated carbocycles. The van der Waals surface area contributed by atoms with Crippen molar-refractivity contribution in [2.75, 3.05) is 19.2 Å². The van der Waals surface area contributed by atoms with Crippen LogP contribution in [-0.2, 0) is 16.4 Å². The van der Waals surface area contributed by atoms with Gasteiger partial charge in [0.15, 0.2) is 11.5 Å². The Balaban J connectivity index is 0.00000304. The van der Waals surface area contributed by atoms with Crippen LogP contribution in [0.3, 0.4) is 0 Å². The number of fused-ring (bicyclic) bond motifs is 1. The molecule has 5 rings (SSSR count). The second-order valence-electron chi connectivity index (χ2n) is 8.56. The van der Waals surface area contributed by atoms with Crippen molar-refractivity contribution in [3.05, 3.63) is 77.4 Å². The zero-order chi connectivity index (χ0) is 24.8. The minimum Gasteiger partial charge on any atom is -0.454 e. The number of hydrogen-bond donors (Lipinski definition) is 2. The van der Waals surface area contributed by atoms with Crippen molar-refractivity contribution in [2.45, 2.75) is 24.4 Å². The highest BCUT2D eigenvalue weighted by atomic mass is 19.4. The van der Waals surface area contributed by atoms with Gasteiger partial charge in [-0.2, -0.15) is 13.2 Å². The van der Waals surface area contributed by atoms with E-state index in [0.29, 0.717) is 35.5 Å². The van der Waals surface area contributed by atoms with Gasteiger partial charge >= 0.3 is 6.18 Å². The van der Waals surface area contributed by atoms with Gasteiger partial charge in [0.2, 0.25) is 12.7 Å². The molecule has 3 aromatic rings. The molecule has 35 heavy (non-hydrogen) atoms. The van der Waals surface area contributed by atoms with Crippen LogP contribution in [0.2, 0.25) is 0 Å². The predicted molar refractivity (Wildman–Crippen MR) is 124 cm³/mol. The van der Waals surface area contributed by atoms with Crippen molar-refractivity contribution in [3.63, 3.8) is 0 Å². The fourth-order valence-electron chi connectivity index (χ4n) is 4.23. The maximum absolute atomic E-state index is 13.7. The average Bonchev–Trinajstić information content (AvgIpc) is 3.53. The molecule has 182 valence electrons. The fourth-order valence-corrected chi connectivity index (χ4v) is 4.23. The van der Waals surface area contributed by atoms with E-state index in [0.717, 1.165) is 17.7 Å². The van der Waals surface area contributed by atoms with Crippen LogP contribution in [0.5, 0.6) is 11.5 Å². The number of benzene rings is 3. The number of amides is 2. The van der Waals surface area contributed by atoms with Crippen LogP contribution in [0.25, 0.3) is 11.1 Å². The van der Waals surface area contributed by atoms with Gasteiger partial charge in [-0.25, -0.2) is 0 Å².